The van der Waals surface area contributed by atoms with E-state index in [4.69, 9.17) is 5.73 Å². The molecule has 1 atom stereocenters. The van der Waals surface area contributed by atoms with E-state index in [1.807, 2.05) is 0 Å². The van der Waals surface area contributed by atoms with E-state index in [2.05, 4.69) is 16.6 Å². The molecule has 0 saturated heterocycles. The molecule has 0 spiro atoms. The molecule has 0 fully saturated rings. The largest absolute Gasteiger partial charge is 0.339 e. The molecular formula is C10H20N4O2S. The van der Waals surface area contributed by atoms with Crippen LogP contribution in [-0.2, 0) is 17.1 Å². The standard InChI is InChI=1S/C10H20N4O2S/c1-3-4-5-9(6-11)13-17(15,16)10-7-14(2)8-12-10/h7-9,13H,3-6,11H2,1-2H3/t9-/m1/s1. The van der Waals surface area contributed by atoms with Crippen LogP contribution < -0.4 is 10.5 Å². The summed E-state index contributed by atoms with van der Waals surface area (Å²) in [6, 6.07) is -0.220. The maximum atomic E-state index is 11.9. The molecule has 0 amide bonds. The molecule has 7 heteroatoms. The van der Waals surface area contributed by atoms with Gasteiger partial charge in [-0.05, 0) is 6.42 Å². The maximum Gasteiger partial charge on any atom is 0.259 e. The second kappa shape index (κ2) is 6.13. The number of nitrogens with zero attached hydrogens (tertiary/aromatic N) is 2. The third-order valence-corrected chi connectivity index (χ3v) is 3.87. The molecule has 0 bridgehead atoms. The summed E-state index contributed by atoms with van der Waals surface area (Å²) in [5.41, 5.74) is 5.55. The lowest BCUT2D eigenvalue weighted by Crippen LogP contribution is -2.40. The van der Waals surface area contributed by atoms with Crippen molar-refractivity contribution in [1.29, 1.82) is 0 Å². The van der Waals surface area contributed by atoms with E-state index in [1.54, 1.807) is 11.6 Å². The molecule has 1 aromatic rings. The lowest BCUT2D eigenvalue weighted by Gasteiger charge is -2.15. The van der Waals surface area contributed by atoms with E-state index in [0.717, 1.165) is 19.3 Å². The van der Waals surface area contributed by atoms with Crippen LogP contribution >= 0.6 is 0 Å². The molecule has 0 aromatic carbocycles. The van der Waals surface area contributed by atoms with Crippen LogP contribution in [0.15, 0.2) is 17.6 Å². The van der Waals surface area contributed by atoms with Gasteiger partial charge in [0.2, 0.25) is 0 Å². The summed E-state index contributed by atoms with van der Waals surface area (Å²) < 4.78 is 28.0. The van der Waals surface area contributed by atoms with Crippen LogP contribution in [0.5, 0.6) is 0 Å². The first-order chi connectivity index (χ1) is 7.99. The predicted molar refractivity (Wildman–Crippen MR) is 65.9 cm³/mol. The van der Waals surface area contributed by atoms with Gasteiger partial charge >= 0.3 is 0 Å². The quantitative estimate of drug-likeness (QED) is 0.733. The van der Waals surface area contributed by atoms with Crippen LogP contribution in [0.1, 0.15) is 26.2 Å². The minimum Gasteiger partial charge on any atom is -0.339 e. The number of unbranched alkanes of at least 4 members (excludes halogenated alkanes) is 1. The third kappa shape index (κ3) is 4.10. The Labute approximate surface area is 102 Å². The van der Waals surface area contributed by atoms with Crippen LogP contribution in [-0.4, -0.2) is 30.6 Å². The highest BCUT2D eigenvalue weighted by Crippen LogP contribution is 2.07. The monoisotopic (exact) mass is 260 g/mol. The van der Waals surface area contributed by atoms with E-state index >= 15 is 0 Å². The first-order valence-electron chi connectivity index (χ1n) is 5.70. The molecule has 1 heterocycles. The minimum absolute atomic E-state index is 0.0370. The van der Waals surface area contributed by atoms with Crippen molar-refractivity contribution in [2.75, 3.05) is 6.54 Å². The van der Waals surface area contributed by atoms with Gasteiger partial charge in [-0.25, -0.2) is 18.1 Å². The lowest BCUT2D eigenvalue weighted by molar-refractivity contribution is 0.514. The number of hydrogen-bond acceptors (Lipinski definition) is 4. The van der Waals surface area contributed by atoms with Crippen molar-refractivity contribution < 1.29 is 8.42 Å². The van der Waals surface area contributed by atoms with Crippen molar-refractivity contribution in [3.8, 4) is 0 Å². The Bertz CT molecular complexity index is 441. The van der Waals surface area contributed by atoms with Crippen molar-refractivity contribution in [2.24, 2.45) is 12.8 Å². The summed E-state index contributed by atoms with van der Waals surface area (Å²) in [7, 11) is -1.82. The van der Waals surface area contributed by atoms with Gasteiger partial charge in [0.25, 0.3) is 10.0 Å². The van der Waals surface area contributed by atoms with Crippen LogP contribution in [0.25, 0.3) is 0 Å². The Morgan fingerprint density at radius 1 is 1.59 bits per heavy atom. The molecule has 0 unspecified atom stereocenters. The maximum absolute atomic E-state index is 11.9. The Hall–Kier alpha value is -0.920. The summed E-state index contributed by atoms with van der Waals surface area (Å²) >= 11 is 0. The Kier molecular flexibility index (Phi) is 5.10. The molecule has 1 rings (SSSR count). The van der Waals surface area contributed by atoms with E-state index in [1.165, 1.54) is 12.5 Å². The number of aromatic nitrogens is 2. The van der Waals surface area contributed by atoms with E-state index in [-0.39, 0.29) is 11.1 Å². The average molecular weight is 260 g/mol. The van der Waals surface area contributed by atoms with E-state index in [0.29, 0.717) is 6.54 Å². The number of aryl methyl sites for hydroxylation is 1. The third-order valence-electron chi connectivity index (χ3n) is 2.47. The number of imidazole rings is 1. The summed E-state index contributed by atoms with van der Waals surface area (Å²) in [6.45, 7) is 2.35. The van der Waals surface area contributed by atoms with Gasteiger partial charge in [0.05, 0.1) is 6.33 Å². The summed E-state index contributed by atoms with van der Waals surface area (Å²) in [6.07, 6.45) is 5.64. The smallest absolute Gasteiger partial charge is 0.259 e. The Morgan fingerprint density at radius 3 is 2.76 bits per heavy atom. The zero-order valence-electron chi connectivity index (χ0n) is 10.3. The molecule has 1 aromatic heterocycles. The molecule has 98 valence electrons. The van der Waals surface area contributed by atoms with E-state index < -0.39 is 10.0 Å². The van der Waals surface area contributed by atoms with Crippen LogP contribution in [0.3, 0.4) is 0 Å². The fraction of sp³-hybridized carbons (Fsp3) is 0.700. The molecule has 0 radical (unpaired) electrons. The molecule has 3 N–H and O–H groups in total. The molecule has 0 saturated carbocycles. The normalized spacial score (nSPS) is 13.8. The van der Waals surface area contributed by atoms with Crippen molar-refractivity contribution in [2.45, 2.75) is 37.3 Å². The Morgan fingerprint density at radius 2 is 2.29 bits per heavy atom. The van der Waals surface area contributed by atoms with Gasteiger partial charge in [-0.3, -0.25) is 0 Å². The number of hydrogen-bond donors (Lipinski definition) is 2. The summed E-state index contributed by atoms with van der Waals surface area (Å²) in [5, 5.41) is 0.0370. The molecule has 0 aliphatic rings. The van der Waals surface area contributed by atoms with Gasteiger partial charge in [-0.1, -0.05) is 19.8 Å². The van der Waals surface area contributed by atoms with Crippen LogP contribution in [0.4, 0.5) is 0 Å². The zero-order chi connectivity index (χ0) is 12.9. The first kappa shape index (κ1) is 14.1. The minimum atomic E-state index is -3.54. The van der Waals surface area contributed by atoms with Gasteiger partial charge in [-0.15, -0.1) is 0 Å². The molecule has 0 aliphatic heterocycles. The van der Waals surface area contributed by atoms with Crippen molar-refractivity contribution >= 4 is 10.0 Å². The van der Waals surface area contributed by atoms with Crippen molar-refractivity contribution in [3.05, 3.63) is 12.5 Å². The molecule has 6 nitrogen and oxygen atoms in total. The molecular weight excluding hydrogens is 240 g/mol. The van der Waals surface area contributed by atoms with Gasteiger partial charge in [-0.2, -0.15) is 0 Å². The van der Waals surface area contributed by atoms with Crippen LogP contribution in [0, 0.1) is 0 Å². The van der Waals surface area contributed by atoms with Gasteiger partial charge in [0, 0.05) is 25.8 Å². The fourth-order valence-electron chi connectivity index (χ4n) is 1.48. The number of rotatable bonds is 7. The van der Waals surface area contributed by atoms with Crippen LogP contribution in [0.2, 0.25) is 0 Å². The number of nitrogens with two attached hydrogens (primary N) is 1. The second-order valence-corrected chi connectivity index (χ2v) is 5.73. The number of sulfonamides is 1. The molecule has 0 aliphatic carbocycles. The molecule has 17 heavy (non-hydrogen) atoms. The topological polar surface area (TPSA) is 90.0 Å². The number of nitrogens with one attached hydrogen (secondary N) is 1. The summed E-state index contributed by atoms with van der Waals surface area (Å²) in [5.74, 6) is 0. The lowest BCUT2D eigenvalue weighted by atomic mass is 10.1. The highest BCUT2D eigenvalue weighted by atomic mass is 32.2. The Balaban J connectivity index is 2.71. The first-order valence-corrected chi connectivity index (χ1v) is 7.18. The SMILES string of the molecule is CCCC[C@H](CN)NS(=O)(=O)c1cn(C)cn1. The van der Waals surface area contributed by atoms with Crippen molar-refractivity contribution in [3.63, 3.8) is 0 Å². The van der Waals surface area contributed by atoms with Gasteiger partial charge in [0.15, 0.2) is 5.03 Å². The second-order valence-electron chi connectivity index (χ2n) is 4.07. The van der Waals surface area contributed by atoms with Crippen molar-refractivity contribution in [1.82, 2.24) is 14.3 Å². The van der Waals surface area contributed by atoms with E-state index in [9.17, 15) is 8.42 Å². The summed E-state index contributed by atoms with van der Waals surface area (Å²) in [4.78, 5) is 3.83. The average Bonchev–Trinajstić information content (AvgIpc) is 2.71. The highest BCUT2D eigenvalue weighted by Gasteiger charge is 2.20. The fourth-order valence-corrected chi connectivity index (χ4v) is 2.75. The zero-order valence-corrected chi connectivity index (χ0v) is 11.1. The van der Waals surface area contributed by atoms with Gasteiger partial charge in [0.1, 0.15) is 0 Å². The highest BCUT2D eigenvalue weighted by molar-refractivity contribution is 7.89. The predicted octanol–water partition coefficient (Wildman–Crippen LogP) is 0.216. The van der Waals surface area contributed by atoms with Gasteiger partial charge < -0.3 is 10.3 Å².